The summed E-state index contributed by atoms with van der Waals surface area (Å²) in [6.45, 7) is 7.69. The fourth-order valence-electron chi connectivity index (χ4n) is 5.00. The van der Waals surface area contributed by atoms with Crippen molar-refractivity contribution in [1.82, 2.24) is 5.32 Å². The highest BCUT2D eigenvalue weighted by Crippen LogP contribution is 2.37. The second kappa shape index (κ2) is 11.7. The molecule has 0 aliphatic carbocycles. The first-order chi connectivity index (χ1) is 15.9. The molecular weight excluding hydrogens is 523 g/mol. The highest BCUT2D eigenvalue weighted by molar-refractivity contribution is 9.10. The largest absolute Gasteiger partial charge is 0.378 e. The Morgan fingerprint density at radius 1 is 0.788 bits per heavy atom. The number of nitrogens with zero attached hydrogens (tertiary/aromatic N) is 1. The molecule has 4 aliphatic rings. The molecule has 33 heavy (non-hydrogen) atoms. The zero-order valence-corrected chi connectivity index (χ0v) is 22.4. The van der Waals surface area contributed by atoms with Crippen molar-refractivity contribution in [2.75, 3.05) is 31.3 Å². The summed E-state index contributed by atoms with van der Waals surface area (Å²) in [5, 5.41) is 5.14. The Hall–Kier alpha value is -0.820. The lowest BCUT2D eigenvalue weighted by Gasteiger charge is -2.37. The van der Waals surface area contributed by atoms with Crippen molar-refractivity contribution in [2.45, 2.75) is 63.7 Å². The minimum atomic E-state index is 0.552. The number of benzene rings is 2. The first-order valence-electron chi connectivity index (χ1n) is 11.8. The number of nitrogens with one attached hydrogen (secondary N) is 1. The lowest BCUT2D eigenvalue weighted by molar-refractivity contribution is 0.0728. The Kier molecular flexibility index (Phi) is 8.99. The Bertz CT molecular complexity index is 894. The molecule has 0 radical (unpaired) electrons. The van der Waals surface area contributed by atoms with Crippen LogP contribution in [0.1, 0.15) is 36.8 Å². The van der Waals surface area contributed by atoms with E-state index in [4.69, 9.17) is 32.7 Å². The second-order valence-corrected chi connectivity index (χ2v) is 10.9. The van der Waals surface area contributed by atoms with Gasteiger partial charge in [0.15, 0.2) is 0 Å². The lowest BCUT2D eigenvalue weighted by atomic mass is 10.1. The van der Waals surface area contributed by atoms with Crippen LogP contribution in [0.4, 0.5) is 5.69 Å². The van der Waals surface area contributed by atoms with E-state index in [2.05, 4.69) is 39.1 Å². The van der Waals surface area contributed by atoms with E-state index in [-0.39, 0.29) is 0 Å². The summed E-state index contributed by atoms with van der Waals surface area (Å²) in [7, 11) is 0. The highest BCUT2D eigenvalue weighted by Gasteiger charge is 2.38. The van der Waals surface area contributed by atoms with Crippen molar-refractivity contribution in [1.29, 1.82) is 0 Å². The van der Waals surface area contributed by atoms with E-state index in [0.29, 0.717) is 24.2 Å². The Morgan fingerprint density at radius 2 is 1.33 bits per heavy atom. The average Bonchev–Trinajstić information content (AvgIpc) is 3.27. The first-order valence-corrected chi connectivity index (χ1v) is 13.3. The lowest BCUT2D eigenvalue weighted by Crippen LogP contribution is -2.46. The van der Waals surface area contributed by atoms with Gasteiger partial charge >= 0.3 is 0 Å². The normalized spacial score (nSPS) is 27.4. The van der Waals surface area contributed by atoms with Gasteiger partial charge in [-0.2, -0.15) is 0 Å². The van der Waals surface area contributed by atoms with Crippen LogP contribution >= 0.6 is 39.1 Å². The van der Waals surface area contributed by atoms with Crippen molar-refractivity contribution >= 4 is 44.8 Å². The highest BCUT2D eigenvalue weighted by atomic mass is 79.9. The SMILES string of the molecule is C1CC2COCC1N2.Cc1c(Cl)cccc1Br.Cc1c(Cl)cccc1N1C2CCC1COC2. The predicted molar refractivity (Wildman–Crippen MR) is 141 cm³/mol. The Morgan fingerprint density at radius 3 is 1.88 bits per heavy atom. The number of hydrogen-bond acceptors (Lipinski definition) is 4. The van der Waals surface area contributed by atoms with Crippen LogP contribution in [0.25, 0.3) is 0 Å². The fraction of sp³-hybridized carbons (Fsp3) is 0.538. The Balaban J connectivity index is 0.000000129. The number of ether oxygens (including phenoxy) is 2. The van der Waals surface area contributed by atoms with Crippen molar-refractivity contribution in [3.05, 3.63) is 62.0 Å². The number of fused-ring (bicyclic) bond motifs is 4. The molecular formula is C26H33BrCl2N2O2. The van der Waals surface area contributed by atoms with Crippen LogP contribution in [0.2, 0.25) is 10.0 Å². The van der Waals surface area contributed by atoms with Crippen LogP contribution < -0.4 is 10.2 Å². The molecule has 0 amide bonds. The third kappa shape index (κ3) is 6.25. The molecule has 4 aliphatic heterocycles. The summed E-state index contributed by atoms with van der Waals surface area (Å²) in [6, 6.07) is 14.4. The van der Waals surface area contributed by atoms with Crippen LogP contribution in [-0.4, -0.2) is 50.6 Å². The molecule has 4 heterocycles. The van der Waals surface area contributed by atoms with Gasteiger partial charge in [0.25, 0.3) is 0 Å². The monoisotopic (exact) mass is 554 g/mol. The third-order valence-corrected chi connectivity index (χ3v) is 8.61. The van der Waals surface area contributed by atoms with Gasteiger partial charge in [-0.15, -0.1) is 0 Å². The van der Waals surface area contributed by atoms with E-state index in [1.54, 1.807) is 0 Å². The minimum Gasteiger partial charge on any atom is -0.378 e. The van der Waals surface area contributed by atoms with Gasteiger partial charge in [0.05, 0.1) is 38.5 Å². The number of rotatable bonds is 1. The first kappa shape index (κ1) is 25.3. The smallest absolute Gasteiger partial charge is 0.0671 e. The van der Waals surface area contributed by atoms with Gasteiger partial charge in [0.2, 0.25) is 0 Å². The zero-order valence-electron chi connectivity index (χ0n) is 19.3. The van der Waals surface area contributed by atoms with Gasteiger partial charge in [0, 0.05) is 32.3 Å². The molecule has 4 nitrogen and oxygen atoms in total. The molecule has 7 heteroatoms. The maximum Gasteiger partial charge on any atom is 0.0671 e. The van der Waals surface area contributed by atoms with Gasteiger partial charge < -0.3 is 19.7 Å². The van der Waals surface area contributed by atoms with Gasteiger partial charge in [0.1, 0.15) is 0 Å². The van der Waals surface area contributed by atoms with E-state index < -0.39 is 0 Å². The molecule has 180 valence electrons. The fourth-order valence-corrected chi connectivity index (χ4v) is 5.82. The van der Waals surface area contributed by atoms with E-state index in [1.165, 1.54) is 36.9 Å². The van der Waals surface area contributed by atoms with E-state index in [0.717, 1.165) is 46.5 Å². The number of anilines is 1. The minimum absolute atomic E-state index is 0.552. The number of morpholine rings is 2. The number of halogens is 3. The molecule has 4 saturated heterocycles. The van der Waals surface area contributed by atoms with Gasteiger partial charge in [-0.1, -0.05) is 51.3 Å². The predicted octanol–water partition coefficient (Wildman–Crippen LogP) is 6.56. The third-order valence-electron chi connectivity index (χ3n) is 6.93. The summed E-state index contributed by atoms with van der Waals surface area (Å²) in [5.74, 6) is 0. The quantitative estimate of drug-likeness (QED) is 0.432. The van der Waals surface area contributed by atoms with E-state index in [1.807, 2.05) is 37.3 Å². The van der Waals surface area contributed by atoms with Gasteiger partial charge in [-0.25, -0.2) is 0 Å². The van der Waals surface area contributed by atoms with Crippen LogP contribution in [-0.2, 0) is 9.47 Å². The number of hydrogen-bond donors (Lipinski definition) is 1. The van der Waals surface area contributed by atoms with Crippen LogP contribution in [0.15, 0.2) is 40.9 Å². The average molecular weight is 556 g/mol. The summed E-state index contributed by atoms with van der Waals surface area (Å²) in [4.78, 5) is 2.52. The molecule has 6 rings (SSSR count). The molecule has 0 aromatic heterocycles. The van der Waals surface area contributed by atoms with Crippen molar-refractivity contribution in [3.8, 4) is 0 Å². The maximum absolute atomic E-state index is 6.19. The Labute approximate surface area is 216 Å². The van der Waals surface area contributed by atoms with Crippen LogP contribution in [0.5, 0.6) is 0 Å². The molecule has 2 aromatic carbocycles. The second-order valence-electron chi connectivity index (χ2n) is 9.24. The molecule has 4 unspecified atom stereocenters. The van der Waals surface area contributed by atoms with E-state index >= 15 is 0 Å². The summed E-state index contributed by atoms with van der Waals surface area (Å²) in [6.07, 6.45) is 5.14. The van der Waals surface area contributed by atoms with Crippen LogP contribution in [0.3, 0.4) is 0 Å². The van der Waals surface area contributed by atoms with Gasteiger partial charge in [-0.3, -0.25) is 0 Å². The maximum atomic E-state index is 6.19. The summed E-state index contributed by atoms with van der Waals surface area (Å²) >= 11 is 15.3. The van der Waals surface area contributed by atoms with Crippen molar-refractivity contribution in [2.24, 2.45) is 0 Å². The molecule has 4 bridgehead atoms. The molecule has 4 atom stereocenters. The zero-order chi connectivity index (χ0) is 23.4. The topological polar surface area (TPSA) is 33.7 Å². The molecule has 1 N–H and O–H groups in total. The molecule has 4 fully saturated rings. The standard InChI is InChI=1S/C13H16ClNO.C7H6BrCl.C6H11NO/c1-9-12(14)3-2-4-13(9)15-10-5-6-11(15)8-16-7-10;1-5-6(8)3-2-4-7(5)9;1-2-6-4-8-3-5(1)7-6/h2-4,10-11H,5-8H2,1H3;2-4H,1H3;5-7H,1-4H2. The van der Waals surface area contributed by atoms with E-state index in [9.17, 15) is 0 Å². The summed E-state index contributed by atoms with van der Waals surface area (Å²) in [5.41, 5.74) is 3.59. The van der Waals surface area contributed by atoms with Crippen LogP contribution in [0, 0.1) is 13.8 Å². The molecule has 2 aromatic rings. The van der Waals surface area contributed by atoms with Crippen molar-refractivity contribution in [3.63, 3.8) is 0 Å². The molecule has 0 spiro atoms. The summed E-state index contributed by atoms with van der Waals surface area (Å²) < 4.78 is 12.0. The molecule has 0 saturated carbocycles. The van der Waals surface area contributed by atoms with Crippen molar-refractivity contribution < 1.29 is 9.47 Å². The van der Waals surface area contributed by atoms with Gasteiger partial charge in [-0.05, 0) is 74.9 Å².